The topological polar surface area (TPSA) is 43.7 Å². The molecule has 0 radical (unpaired) electrons. The molecule has 12 heavy (non-hydrogen) atoms. The summed E-state index contributed by atoms with van der Waals surface area (Å²) in [5.41, 5.74) is 1.18. The van der Waals surface area contributed by atoms with Gasteiger partial charge >= 0.3 is 0 Å². The molecule has 0 atom stereocenters. The molecule has 0 aromatic carbocycles. The number of allylic oxidation sites excluding steroid dienone is 2. The van der Waals surface area contributed by atoms with Crippen LogP contribution in [0.25, 0.3) is 0 Å². The van der Waals surface area contributed by atoms with Crippen molar-refractivity contribution in [2.45, 2.75) is 19.8 Å². The van der Waals surface area contributed by atoms with E-state index < -0.39 is 6.41 Å². The molecule has 0 unspecified atom stereocenters. The zero-order chi connectivity index (χ0) is 9.56. The Labute approximate surface area is 73.6 Å². The summed E-state index contributed by atoms with van der Waals surface area (Å²) in [4.78, 5) is 1.46. The molecule has 0 aromatic heterocycles. The van der Waals surface area contributed by atoms with Gasteiger partial charge in [-0.25, -0.2) is 0 Å². The van der Waals surface area contributed by atoms with Crippen molar-refractivity contribution in [2.24, 2.45) is 0 Å². The van der Waals surface area contributed by atoms with Gasteiger partial charge in [0.05, 0.1) is 0 Å². The Morgan fingerprint density at radius 3 is 2.58 bits per heavy atom. The van der Waals surface area contributed by atoms with Crippen LogP contribution in [0, 0.1) is 0 Å². The minimum Gasteiger partial charge on any atom is -0.356 e. The Morgan fingerprint density at radius 2 is 2.17 bits per heavy atom. The second-order valence-electron chi connectivity index (χ2n) is 2.83. The number of aliphatic hydroxyl groups is 2. The van der Waals surface area contributed by atoms with E-state index in [1.54, 1.807) is 13.1 Å². The fourth-order valence-electron chi connectivity index (χ4n) is 0.753. The van der Waals surface area contributed by atoms with Crippen molar-refractivity contribution in [1.29, 1.82) is 0 Å². The van der Waals surface area contributed by atoms with Crippen LogP contribution in [0.15, 0.2) is 24.3 Å². The van der Waals surface area contributed by atoms with Gasteiger partial charge in [0.2, 0.25) is 6.41 Å². The van der Waals surface area contributed by atoms with Crippen LogP contribution in [0.3, 0.4) is 0 Å². The van der Waals surface area contributed by atoms with Gasteiger partial charge in [-0.05, 0) is 20.4 Å². The van der Waals surface area contributed by atoms with Crippen LogP contribution >= 0.6 is 0 Å². The summed E-state index contributed by atoms with van der Waals surface area (Å²) in [5, 5.41) is 17.4. The van der Waals surface area contributed by atoms with Gasteiger partial charge in [-0.1, -0.05) is 24.3 Å². The van der Waals surface area contributed by atoms with Crippen molar-refractivity contribution in [1.82, 2.24) is 4.90 Å². The molecule has 0 aromatic rings. The standard InChI is InChI=1S/C9H17NO2/c1-4-5-8(2)6-7-10(3)9(11)12/h4-5,9,11-12H,1,6-7H2,2-3H3/b8-5+. The van der Waals surface area contributed by atoms with E-state index in [-0.39, 0.29) is 0 Å². The molecule has 0 saturated carbocycles. The second-order valence-corrected chi connectivity index (χ2v) is 2.83. The predicted octanol–water partition coefficient (Wildman–Crippen LogP) is 0.709. The normalized spacial score (nSPS) is 12.7. The first-order valence-corrected chi connectivity index (χ1v) is 3.92. The third-order valence-corrected chi connectivity index (χ3v) is 1.66. The monoisotopic (exact) mass is 171 g/mol. The third-order valence-electron chi connectivity index (χ3n) is 1.66. The smallest absolute Gasteiger partial charge is 0.213 e. The summed E-state index contributed by atoms with van der Waals surface area (Å²) >= 11 is 0. The van der Waals surface area contributed by atoms with Crippen molar-refractivity contribution >= 4 is 0 Å². The Kier molecular flexibility index (Phi) is 5.62. The highest BCUT2D eigenvalue weighted by Gasteiger charge is 2.04. The minimum absolute atomic E-state index is 0.633. The highest BCUT2D eigenvalue weighted by atomic mass is 16.5. The second kappa shape index (κ2) is 5.94. The minimum atomic E-state index is -1.36. The summed E-state index contributed by atoms with van der Waals surface area (Å²) in [6, 6.07) is 0. The lowest BCUT2D eigenvalue weighted by molar-refractivity contribution is -0.144. The molecule has 0 saturated heterocycles. The van der Waals surface area contributed by atoms with Crippen molar-refractivity contribution in [3.63, 3.8) is 0 Å². The highest BCUT2D eigenvalue weighted by molar-refractivity contribution is 5.07. The summed E-state index contributed by atoms with van der Waals surface area (Å²) in [6.07, 6.45) is 3.10. The Hall–Kier alpha value is -0.640. The van der Waals surface area contributed by atoms with Crippen LogP contribution in [0.2, 0.25) is 0 Å². The van der Waals surface area contributed by atoms with Crippen molar-refractivity contribution in [3.8, 4) is 0 Å². The fraction of sp³-hybridized carbons (Fsp3) is 0.556. The van der Waals surface area contributed by atoms with Gasteiger partial charge < -0.3 is 10.2 Å². The molecule has 0 fully saturated rings. The van der Waals surface area contributed by atoms with Gasteiger partial charge in [0.25, 0.3) is 0 Å². The van der Waals surface area contributed by atoms with E-state index in [0.717, 1.165) is 6.42 Å². The average Bonchev–Trinajstić information content (AvgIpc) is 2.00. The molecule has 0 heterocycles. The van der Waals surface area contributed by atoms with Crippen molar-refractivity contribution in [2.75, 3.05) is 13.6 Å². The van der Waals surface area contributed by atoms with E-state index in [0.29, 0.717) is 6.54 Å². The van der Waals surface area contributed by atoms with Crippen LogP contribution < -0.4 is 0 Å². The molecular weight excluding hydrogens is 154 g/mol. The summed E-state index contributed by atoms with van der Waals surface area (Å²) < 4.78 is 0. The Balaban J connectivity index is 3.68. The molecule has 0 rings (SSSR count). The maximum absolute atomic E-state index is 8.71. The number of aliphatic hydroxyl groups excluding tert-OH is 1. The zero-order valence-corrected chi connectivity index (χ0v) is 7.70. The summed E-state index contributed by atoms with van der Waals surface area (Å²) in [5.74, 6) is 0. The fourth-order valence-corrected chi connectivity index (χ4v) is 0.753. The van der Waals surface area contributed by atoms with E-state index in [9.17, 15) is 0 Å². The van der Waals surface area contributed by atoms with Crippen LogP contribution in [0.1, 0.15) is 13.3 Å². The first-order chi connectivity index (χ1) is 5.57. The molecule has 0 amide bonds. The molecule has 0 bridgehead atoms. The first kappa shape index (κ1) is 11.4. The third kappa shape index (κ3) is 5.07. The molecule has 0 aliphatic rings. The average molecular weight is 171 g/mol. The molecule has 0 aliphatic heterocycles. The van der Waals surface area contributed by atoms with Crippen LogP contribution in [-0.2, 0) is 0 Å². The molecule has 3 heteroatoms. The first-order valence-electron chi connectivity index (χ1n) is 3.92. The number of hydrogen-bond acceptors (Lipinski definition) is 3. The molecule has 2 N–H and O–H groups in total. The van der Waals surface area contributed by atoms with Gasteiger partial charge in [0, 0.05) is 6.54 Å². The predicted molar refractivity (Wildman–Crippen MR) is 49.4 cm³/mol. The van der Waals surface area contributed by atoms with Gasteiger partial charge in [-0.3, -0.25) is 4.90 Å². The lowest BCUT2D eigenvalue weighted by Gasteiger charge is -2.18. The number of hydrogen-bond donors (Lipinski definition) is 2. The Bertz CT molecular complexity index is 164. The molecular formula is C9H17NO2. The summed E-state index contributed by atoms with van der Waals surface area (Å²) in [6.45, 7) is 6.19. The van der Waals surface area contributed by atoms with Crippen molar-refractivity contribution in [3.05, 3.63) is 24.3 Å². The van der Waals surface area contributed by atoms with E-state index in [2.05, 4.69) is 6.58 Å². The van der Waals surface area contributed by atoms with Crippen molar-refractivity contribution < 1.29 is 10.2 Å². The lowest BCUT2D eigenvalue weighted by atomic mass is 10.2. The van der Waals surface area contributed by atoms with E-state index in [1.807, 2.05) is 13.0 Å². The van der Waals surface area contributed by atoms with Crippen LogP contribution in [0.4, 0.5) is 0 Å². The quantitative estimate of drug-likeness (QED) is 0.473. The van der Waals surface area contributed by atoms with Gasteiger partial charge in [-0.15, -0.1) is 0 Å². The van der Waals surface area contributed by atoms with E-state index in [4.69, 9.17) is 10.2 Å². The summed E-state index contributed by atoms with van der Waals surface area (Å²) in [7, 11) is 1.66. The Morgan fingerprint density at radius 1 is 1.58 bits per heavy atom. The van der Waals surface area contributed by atoms with E-state index >= 15 is 0 Å². The maximum Gasteiger partial charge on any atom is 0.213 e. The number of rotatable bonds is 5. The van der Waals surface area contributed by atoms with Crippen LogP contribution in [0.5, 0.6) is 0 Å². The molecule has 0 spiro atoms. The SMILES string of the molecule is C=C/C=C(\C)CCN(C)C(O)O. The van der Waals surface area contributed by atoms with Gasteiger partial charge in [-0.2, -0.15) is 0 Å². The van der Waals surface area contributed by atoms with Gasteiger partial charge in [0.15, 0.2) is 0 Å². The maximum atomic E-state index is 8.71. The highest BCUT2D eigenvalue weighted by Crippen LogP contribution is 2.01. The molecule has 70 valence electrons. The molecule has 3 nitrogen and oxygen atoms in total. The largest absolute Gasteiger partial charge is 0.356 e. The van der Waals surface area contributed by atoms with E-state index in [1.165, 1.54) is 10.5 Å². The molecule has 0 aliphatic carbocycles. The zero-order valence-electron chi connectivity index (χ0n) is 7.70. The van der Waals surface area contributed by atoms with Gasteiger partial charge in [0.1, 0.15) is 0 Å². The van der Waals surface area contributed by atoms with Crippen LogP contribution in [-0.4, -0.2) is 35.1 Å². The lowest BCUT2D eigenvalue weighted by Crippen LogP contribution is -2.31. The number of nitrogens with zero attached hydrogens (tertiary/aromatic N) is 1.